The number of rotatable bonds is 12. The molecule has 0 aliphatic carbocycles. The maximum absolute atomic E-state index is 12.2. The van der Waals surface area contributed by atoms with E-state index in [-0.39, 0.29) is 18.7 Å². The van der Waals surface area contributed by atoms with Crippen molar-refractivity contribution in [2.75, 3.05) is 11.9 Å². The molecule has 0 aliphatic rings. The maximum atomic E-state index is 12.2. The van der Waals surface area contributed by atoms with Crippen molar-refractivity contribution in [1.29, 1.82) is 0 Å². The van der Waals surface area contributed by atoms with Crippen LogP contribution in [0.25, 0.3) is 0 Å². The molecule has 0 aromatic heterocycles. The summed E-state index contributed by atoms with van der Waals surface area (Å²) in [5.74, 6) is -0.443. The molecular formula is C24H31N3O4. The van der Waals surface area contributed by atoms with Crippen LogP contribution in [0, 0.1) is 0 Å². The minimum Gasteiger partial charge on any atom is -0.494 e. The summed E-state index contributed by atoms with van der Waals surface area (Å²) >= 11 is 0. The van der Waals surface area contributed by atoms with Crippen molar-refractivity contribution in [1.82, 2.24) is 10.9 Å². The van der Waals surface area contributed by atoms with Crippen LogP contribution in [-0.2, 0) is 9.59 Å². The number of hydrazine groups is 1. The van der Waals surface area contributed by atoms with Gasteiger partial charge in [-0.25, -0.2) is 0 Å². The number of carbonyl (C=O) groups excluding carboxylic acids is 3. The van der Waals surface area contributed by atoms with Gasteiger partial charge in [0.25, 0.3) is 5.91 Å². The highest BCUT2D eigenvalue weighted by molar-refractivity contribution is 5.96. The minimum absolute atomic E-state index is 0.0150. The molecular weight excluding hydrogens is 394 g/mol. The predicted molar refractivity (Wildman–Crippen MR) is 121 cm³/mol. The zero-order valence-electron chi connectivity index (χ0n) is 18.0. The third-order valence-corrected chi connectivity index (χ3v) is 4.59. The molecule has 0 bridgehead atoms. The SMILES string of the molecule is CCCCCCCOc1ccc(C(=O)NNC(=O)CCC(=O)Nc2ccccc2)cc1. The zero-order valence-corrected chi connectivity index (χ0v) is 18.0. The van der Waals surface area contributed by atoms with Crippen molar-refractivity contribution in [2.24, 2.45) is 0 Å². The Bertz CT molecular complexity index is 822. The van der Waals surface area contributed by atoms with Gasteiger partial charge in [0.05, 0.1) is 6.61 Å². The zero-order chi connectivity index (χ0) is 22.3. The Labute approximate surface area is 183 Å². The van der Waals surface area contributed by atoms with Crippen molar-refractivity contribution >= 4 is 23.4 Å². The van der Waals surface area contributed by atoms with Gasteiger partial charge in [-0.2, -0.15) is 0 Å². The summed E-state index contributed by atoms with van der Waals surface area (Å²) < 4.78 is 5.68. The molecule has 0 fully saturated rings. The Morgan fingerprint density at radius 2 is 1.45 bits per heavy atom. The van der Waals surface area contributed by atoms with Gasteiger partial charge < -0.3 is 10.1 Å². The molecule has 0 aliphatic heterocycles. The lowest BCUT2D eigenvalue weighted by Crippen LogP contribution is -2.41. The maximum Gasteiger partial charge on any atom is 0.269 e. The highest BCUT2D eigenvalue weighted by atomic mass is 16.5. The largest absolute Gasteiger partial charge is 0.494 e. The second kappa shape index (κ2) is 13.8. The Balaban J connectivity index is 1.63. The third-order valence-electron chi connectivity index (χ3n) is 4.59. The molecule has 0 radical (unpaired) electrons. The summed E-state index contributed by atoms with van der Waals surface area (Å²) in [5.41, 5.74) is 5.75. The molecule has 0 saturated carbocycles. The summed E-state index contributed by atoms with van der Waals surface area (Å²) in [6.07, 6.45) is 5.84. The first-order valence-electron chi connectivity index (χ1n) is 10.8. The first-order valence-corrected chi connectivity index (χ1v) is 10.8. The lowest BCUT2D eigenvalue weighted by atomic mass is 10.2. The molecule has 0 atom stereocenters. The fraction of sp³-hybridized carbons (Fsp3) is 0.375. The van der Waals surface area contributed by atoms with Crippen LogP contribution in [0.15, 0.2) is 54.6 Å². The van der Waals surface area contributed by atoms with Crippen LogP contribution in [0.3, 0.4) is 0 Å². The van der Waals surface area contributed by atoms with E-state index in [9.17, 15) is 14.4 Å². The van der Waals surface area contributed by atoms with Crippen LogP contribution >= 0.6 is 0 Å². The Morgan fingerprint density at radius 3 is 2.16 bits per heavy atom. The van der Waals surface area contributed by atoms with Crippen LogP contribution in [0.1, 0.15) is 62.2 Å². The van der Waals surface area contributed by atoms with Crippen molar-refractivity contribution in [3.05, 3.63) is 60.2 Å². The van der Waals surface area contributed by atoms with E-state index < -0.39 is 11.8 Å². The first-order chi connectivity index (χ1) is 15.1. The molecule has 7 nitrogen and oxygen atoms in total. The van der Waals surface area contributed by atoms with Gasteiger partial charge in [-0.3, -0.25) is 25.2 Å². The van der Waals surface area contributed by atoms with E-state index in [0.29, 0.717) is 23.6 Å². The van der Waals surface area contributed by atoms with E-state index in [1.807, 2.05) is 18.2 Å². The minimum atomic E-state index is -0.445. The van der Waals surface area contributed by atoms with E-state index in [0.717, 1.165) is 12.8 Å². The van der Waals surface area contributed by atoms with Gasteiger partial charge in [0.15, 0.2) is 0 Å². The standard InChI is InChI=1S/C24H31N3O4/c1-2-3-4-5-9-18-31-21-14-12-19(13-15-21)24(30)27-26-23(29)17-16-22(28)25-20-10-7-6-8-11-20/h6-8,10-15H,2-5,9,16-18H2,1H3,(H,25,28)(H,26,29)(H,27,30). The predicted octanol–water partition coefficient (Wildman–Crippen LogP) is 4.22. The van der Waals surface area contributed by atoms with Crippen molar-refractivity contribution in [2.45, 2.75) is 51.9 Å². The molecule has 3 amide bonds. The molecule has 0 spiro atoms. The molecule has 0 unspecified atom stereocenters. The van der Waals surface area contributed by atoms with Crippen molar-refractivity contribution in [3.8, 4) is 5.75 Å². The van der Waals surface area contributed by atoms with Gasteiger partial charge in [0, 0.05) is 24.1 Å². The van der Waals surface area contributed by atoms with E-state index >= 15 is 0 Å². The monoisotopic (exact) mass is 425 g/mol. The van der Waals surface area contributed by atoms with Crippen molar-refractivity contribution in [3.63, 3.8) is 0 Å². The number of hydrogen-bond donors (Lipinski definition) is 3. The molecule has 0 saturated heterocycles. The highest BCUT2D eigenvalue weighted by Gasteiger charge is 2.10. The van der Waals surface area contributed by atoms with E-state index in [1.165, 1.54) is 19.3 Å². The Morgan fingerprint density at radius 1 is 0.774 bits per heavy atom. The molecule has 2 aromatic carbocycles. The number of carbonyl (C=O) groups is 3. The molecule has 0 heterocycles. The molecule has 166 valence electrons. The fourth-order valence-corrected chi connectivity index (χ4v) is 2.83. The van der Waals surface area contributed by atoms with Gasteiger partial charge in [0.2, 0.25) is 11.8 Å². The molecule has 7 heteroatoms. The average molecular weight is 426 g/mol. The average Bonchev–Trinajstić information content (AvgIpc) is 2.79. The number of benzene rings is 2. The lowest BCUT2D eigenvalue weighted by Gasteiger charge is -2.09. The van der Waals surface area contributed by atoms with Crippen LogP contribution in [0.4, 0.5) is 5.69 Å². The quantitative estimate of drug-likeness (QED) is 0.350. The van der Waals surface area contributed by atoms with E-state index in [4.69, 9.17) is 4.74 Å². The Hall–Kier alpha value is -3.35. The summed E-state index contributed by atoms with van der Waals surface area (Å²) in [4.78, 5) is 35.9. The van der Waals surface area contributed by atoms with E-state index in [2.05, 4.69) is 23.1 Å². The number of amides is 3. The topological polar surface area (TPSA) is 96.5 Å². The third kappa shape index (κ3) is 9.80. The van der Waals surface area contributed by atoms with Crippen LogP contribution in [-0.4, -0.2) is 24.3 Å². The normalized spacial score (nSPS) is 10.2. The second-order valence-corrected chi connectivity index (χ2v) is 7.20. The number of anilines is 1. The number of hydrogen-bond acceptors (Lipinski definition) is 4. The Kier molecular flexibility index (Phi) is 10.6. The number of para-hydroxylation sites is 1. The van der Waals surface area contributed by atoms with Gasteiger partial charge in [0.1, 0.15) is 5.75 Å². The highest BCUT2D eigenvalue weighted by Crippen LogP contribution is 2.13. The summed E-state index contributed by atoms with van der Waals surface area (Å²) in [5, 5.41) is 2.70. The summed E-state index contributed by atoms with van der Waals surface area (Å²) in [7, 11) is 0. The van der Waals surface area contributed by atoms with Crippen LogP contribution in [0.5, 0.6) is 5.75 Å². The van der Waals surface area contributed by atoms with Gasteiger partial charge in [-0.05, 0) is 42.8 Å². The number of nitrogens with one attached hydrogen (secondary N) is 3. The van der Waals surface area contributed by atoms with Gasteiger partial charge in [-0.1, -0.05) is 50.8 Å². The first kappa shape index (κ1) is 23.9. The molecule has 2 aromatic rings. The van der Waals surface area contributed by atoms with Crippen LogP contribution in [0.2, 0.25) is 0 Å². The number of ether oxygens (including phenoxy) is 1. The van der Waals surface area contributed by atoms with Crippen LogP contribution < -0.4 is 20.9 Å². The lowest BCUT2D eigenvalue weighted by molar-refractivity contribution is -0.124. The summed E-state index contributed by atoms with van der Waals surface area (Å²) in [6.45, 7) is 2.84. The smallest absolute Gasteiger partial charge is 0.269 e. The van der Waals surface area contributed by atoms with Crippen molar-refractivity contribution < 1.29 is 19.1 Å². The van der Waals surface area contributed by atoms with E-state index in [1.54, 1.807) is 36.4 Å². The molecule has 31 heavy (non-hydrogen) atoms. The van der Waals surface area contributed by atoms with Gasteiger partial charge >= 0.3 is 0 Å². The van der Waals surface area contributed by atoms with Gasteiger partial charge in [-0.15, -0.1) is 0 Å². The molecule has 2 rings (SSSR count). The number of unbranched alkanes of at least 4 members (excludes halogenated alkanes) is 4. The summed E-state index contributed by atoms with van der Waals surface area (Å²) in [6, 6.07) is 15.7. The second-order valence-electron chi connectivity index (χ2n) is 7.20. The fourth-order valence-electron chi connectivity index (χ4n) is 2.83. The molecule has 3 N–H and O–H groups in total.